The maximum atomic E-state index is 14.5. The highest BCUT2D eigenvalue weighted by atomic mass is 19.1. The van der Waals surface area contributed by atoms with Gasteiger partial charge in [0.15, 0.2) is 0 Å². The molecule has 1 aliphatic heterocycles. The molecule has 1 unspecified atom stereocenters. The van der Waals surface area contributed by atoms with Crippen molar-refractivity contribution < 1.29 is 22.8 Å². The monoisotopic (exact) mass is 441 g/mol. The topological polar surface area (TPSA) is 74.0 Å². The Bertz CT molecular complexity index is 1230. The first-order valence-corrected chi connectivity index (χ1v) is 10.6. The van der Waals surface area contributed by atoms with Crippen LogP contribution in [0.4, 0.5) is 13.2 Å². The summed E-state index contributed by atoms with van der Waals surface area (Å²) in [6.07, 6.45) is 1.51. The Hall–Kier alpha value is -3.29. The van der Waals surface area contributed by atoms with E-state index in [1.54, 1.807) is 19.1 Å². The zero-order chi connectivity index (χ0) is 22.6. The average Bonchev–Trinajstić information content (AvgIpc) is 3.22. The Labute approximate surface area is 182 Å². The number of halogens is 3. The first-order chi connectivity index (χ1) is 15.2. The number of nitrogens with one attached hydrogen (secondary N) is 3. The standard InChI is InChI=1S/C24H22F3N3O2/c1-24(6-7-28-23(24)32)30-22(31)14-8-13(9-14)19-17-10-16(26)11-18(27)21(17)29-20(19)12-2-4-15(25)5-3-12/h2-5,10-11,13-14,29H,6-9H2,1H3,(H,28,32)(H,30,31). The van der Waals surface area contributed by atoms with Gasteiger partial charge in [-0.3, -0.25) is 9.59 Å². The first-order valence-electron chi connectivity index (χ1n) is 10.6. The first kappa shape index (κ1) is 20.6. The number of hydrogen-bond donors (Lipinski definition) is 3. The van der Waals surface area contributed by atoms with Gasteiger partial charge in [-0.25, -0.2) is 13.2 Å². The van der Waals surface area contributed by atoms with Gasteiger partial charge in [-0.15, -0.1) is 0 Å². The van der Waals surface area contributed by atoms with Crippen LogP contribution >= 0.6 is 0 Å². The van der Waals surface area contributed by atoms with Gasteiger partial charge in [-0.1, -0.05) is 0 Å². The molecule has 1 atom stereocenters. The van der Waals surface area contributed by atoms with E-state index in [0.717, 1.165) is 11.6 Å². The van der Waals surface area contributed by atoms with Gasteiger partial charge < -0.3 is 15.6 Å². The molecule has 3 aromatic rings. The van der Waals surface area contributed by atoms with E-state index in [4.69, 9.17) is 0 Å². The number of amides is 2. The third-order valence-corrected chi connectivity index (χ3v) is 6.73. The number of aromatic amines is 1. The smallest absolute Gasteiger partial charge is 0.245 e. The molecule has 1 saturated heterocycles. The van der Waals surface area contributed by atoms with Crippen molar-refractivity contribution in [2.24, 2.45) is 5.92 Å². The molecule has 0 bridgehead atoms. The van der Waals surface area contributed by atoms with Gasteiger partial charge in [-0.2, -0.15) is 0 Å². The minimum absolute atomic E-state index is 0.106. The van der Waals surface area contributed by atoms with Gasteiger partial charge >= 0.3 is 0 Å². The van der Waals surface area contributed by atoms with Crippen LogP contribution in [-0.2, 0) is 9.59 Å². The Morgan fingerprint density at radius 2 is 1.81 bits per heavy atom. The van der Waals surface area contributed by atoms with Crippen LogP contribution in [0.25, 0.3) is 22.2 Å². The summed E-state index contributed by atoms with van der Waals surface area (Å²) in [5, 5.41) is 6.01. The van der Waals surface area contributed by atoms with E-state index >= 15 is 0 Å². The number of hydrogen-bond acceptors (Lipinski definition) is 2. The highest BCUT2D eigenvalue weighted by Crippen LogP contribution is 2.48. The minimum atomic E-state index is -0.908. The molecule has 32 heavy (non-hydrogen) atoms. The minimum Gasteiger partial charge on any atom is -0.354 e. The number of H-pyrrole nitrogens is 1. The molecule has 3 N–H and O–H groups in total. The summed E-state index contributed by atoms with van der Waals surface area (Å²) in [5.41, 5.74) is 1.24. The summed E-state index contributed by atoms with van der Waals surface area (Å²) in [7, 11) is 0. The van der Waals surface area contributed by atoms with E-state index < -0.39 is 23.0 Å². The second-order valence-corrected chi connectivity index (χ2v) is 8.92. The van der Waals surface area contributed by atoms with Crippen LogP contribution in [-0.4, -0.2) is 28.9 Å². The summed E-state index contributed by atoms with van der Waals surface area (Å²) in [6, 6.07) is 7.90. The second kappa shape index (κ2) is 7.39. The zero-order valence-electron chi connectivity index (χ0n) is 17.4. The summed E-state index contributed by atoms with van der Waals surface area (Å²) < 4.78 is 42.0. The van der Waals surface area contributed by atoms with Gasteiger partial charge in [0.2, 0.25) is 11.8 Å². The lowest BCUT2D eigenvalue weighted by Gasteiger charge is -2.37. The molecule has 8 heteroatoms. The molecule has 1 saturated carbocycles. The molecular formula is C24H22F3N3O2. The number of rotatable bonds is 4. The van der Waals surface area contributed by atoms with Crippen molar-refractivity contribution in [2.45, 2.75) is 37.6 Å². The zero-order valence-corrected chi connectivity index (χ0v) is 17.4. The van der Waals surface area contributed by atoms with Crippen molar-refractivity contribution in [1.29, 1.82) is 0 Å². The Morgan fingerprint density at radius 1 is 1.09 bits per heavy atom. The molecule has 0 radical (unpaired) electrons. The van der Waals surface area contributed by atoms with Crippen molar-refractivity contribution in [1.82, 2.24) is 15.6 Å². The lowest BCUT2D eigenvalue weighted by Crippen LogP contribution is -2.54. The fourth-order valence-electron chi connectivity index (χ4n) is 4.80. The number of aromatic nitrogens is 1. The van der Waals surface area contributed by atoms with E-state index in [2.05, 4.69) is 15.6 Å². The fourth-order valence-corrected chi connectivity index (χ4v) is 4.80. The van der Waals surface area contributed by atoms with Crippen molar-refractivity contribution in [3.05, 3.63) is 59.4 Å². The molecule has 2 aromatic carbocycles. The van der Waals surface area contributed by atoms with Crippen LogP contribution in [0.5, 0.6) is 0 Å². The maximum Gasteiger partial charge on any atom is 0.245 e. The van der Waals surface area contributed by atoms with E-state index in [1.165, 1.54) is 18.2 Å². The van der Waals surface area contributed by atoms with Gasteiger partial charge in [0, 0.05) is 23.9 Å². The fraction of sp³-hybridized carbons (Fsp3) is 0.333. The lowest BCUT2D eigenvalue weighted by atomic mass is 9.69. The SMILES string of the molecule is CC1(NC(=O)C2CC(c3c(-c4ccc(F)cc4)[nH]c4c(F)cc(F)cc34)C2)CCNC1=O. The van der Waals surface area contributed by atoms with Crippen LogP contribution in [0.1, 0.15) is 37.7 Å². The third-order valence-electron chi connectivity index (χ3n) is 6.73. The molecule has 0 spiro atoms. The van der Waals surface area contributed by atoms with E-state index in [1.807, 2.05) is 0 Å². The van der Waals surface area contributed by atoms with E-state index in [0.29, 0.717) is 42.5 Å². The van der Waals surface area contributed by atoms with Crippen molar-refractivity contribution in [2.75, 3.05) is 6.54 Å². The molecule has 1 aromatic heterocycles. The average molecular weight is 441 g/mol. The second-order valence-electron chi connectivity index (χ2n) is 8.92. The number of carbonyl (C=O) groups is 2. The van der Waals surface area contributed by atoms with E-state index in [9.17, 15) is 22.8 Å². The predicted octanol–water partition coefficient (Wildman–Crippen LogP) is 4.14. The number of fused-ring (bicyclic) bond motifs is 1. The summed E-state index contributed by atoms with van der Waals surface area (Å²) in [5.74, 6) is -2.57. The van der Waals surface area contributed by atoms with Crippen LogP contribution in [0.3, 0.4) is 0 Å². The molecule has 5 rings (SSSR count). The van der Waals surface area contributed by atoms with Gasteiger partial charge in [0.25, 0.3) is 0 Å². The molecule has 166 valence electrons. The summed E-state index contributed by atoms with van der Waals surface area (Å²) in [6.45, 7) is 2.23. The van der Waals surface area contributed by atoms with Crippen molar-refractivity contribution in [3.63, 3.8) is 0 Å². The van der Waals surface area contributed by atoms with E-state index in [-0.39, 0.29) is 29.2 Å². The Balaban J connectivity index is 1.45. The van der Waals surface area contributed by atoms with Crippen LogP contribution in [0, 0.1) is 23.4 Å². The normalized spacial score (nSPS) is 24.9. The van der Waals surface area contributed by atoms with Gasteiger partial charge in [0.1, 0.15) is 23.0 Å². The largest absolute Gasteiger partial charge is 0.354 e. The molecule has 1 aliphatic carbocycles. The maximum absolute atomic E-state index is 14.5. The Kier molecular flexibility index (Phi) is 4.76. The van der Waals surface area contributed by atoms with Gasteiger partial charge in [-0.05, 0) is 73.6 Å². The molecule has 5 nitrogen and oxygen atoms in total. The van der Waals surface area contributed by atoms with Crippen molar-refractivity contribution >= 4 is 22.7 Å². The third kappa shape index (κ3) is 3.34. The molecule has 2 fully saturated rings. The van der Waals surface area contributed by atoms with Crippen molar-refractivity contribution in [3.8, 4) is 11.3 Å². The summed E-state index contributed by atoms with van der Waals surface area (Å²) >= 11 is 0. The Morgan fingerprint density at radius 3 is 2.47 bits per heavy atom. The van der Waals surface area contributed by atoms with Crippen LogP contribution in [0.15, 0.2) is 36.4 Å². The van der Waals surface area contributed by atoms with Crippen LogP contribution in [0.2, 0.25) is 0 Å². The number of carbonyl (C=O) groups excluding carboxylic acids is 2. The molecule has 2 aliphatic rings. The highest BCUT2D eigenvalue weighted by molar-refractivity contribution is 5.95. The molecule has 2 heterocycles. The van der Waals surface area contributed by atoms with Crippen LogP contribution < -0.4 is 10.6 Å². The predicted molar refractivity (Wildman–Crippen MR) is 113 cm³/mol. The quantitative estimate of drug-likeness (QED) is 0.569. The van der Waals surface area contributed by atoms with Gasteiger partial charge in [0.05, 0.1) is 11.2 Å². The summed E-state index contributed by atoms with van der Waals surface area (Å²) in [4.78, 5) is 27.8. The highest BCUT2D eigenvalue weighted by Gasteiger charge is 2.44. The lowest BCUT2D eigenvalue weighted by molar-refractivity contribution is -0.134. The molecule has 2 amide bonds. The molecular weight excluding hydrogens is 419 g/mol. The number of benzene rings is 2.